The van der Waals surface area contributed by atoms with Gasteiger partial charge in [-0.15, -0.1) is 4.40 Å². The average Bonchev–Trinajstić information content (AvgIpc) is 1.99. The summed E-state index contributed by atoms with van der Waals surface area (Å²) in [7, 11) is 0.469. The Hall–Kier alpha value is -1.31. The van der Waals surface area contributed by atoms with Crippen LogP contribution in [0.2, 0.25) is 0 Å². The number of hydrogen-bond acceptors (Lipinski definition) is 4. The molecule has 0 fully saturated rings. The minimum Gasteiger partial charge on any atom is -0.348 e. The van der Waals surface area contributed by atoms with Gasteiger partial charge >= 0.3 is 16.2 Å². The van der Waals surface area contributed by atoms with Crippen LogP contribution in [-0.2, 0) is 10.2 Å². The van der Waals surface area contributed by atoms with E-state index in [0.29, 0.717) is 4.31 Å². The number of amides is 2. The molecule has 2 amide bonds. The summed E-state index contributed by atoms with van der Waals surface area (Å²) in [6.07, 6.45) is 0. The van der Waals surface area contributed by atoms with Gasteiger partial charge in [0.1, 0.15) is 0 Å². The molecule has 1 aliphatic rings. The molecule has 13 heavy (non-hydrogen) atoms. The molecule has 1 aliphatic heterocycles. The van der Waals surface area contributed by atoms with Crippen LogP contribution >= 0.6 is 0 Å². The molecule has 0 saturated heterocycles. The molecule has 0 spiro atoms. The Bertz CT molecular complexity index is 358. The highest BCUT2D eigenvalue weighted by molar-refractivity contribution is 7.88. The standard InChI is InChI=1S/C5H10N4O3S/c1-8(2)4-6-5(10)9(3)13(11,12)7-4/h1-3H3,(H,6,7,10). The molecule has 1 heterocycles. The lowest BCUT2D eigenvalue weighted by atomic mass is 10.7. The van der Waals surface area contributed by atoms with Gasteiger partial charge in [-0.05, 0) is 0 Å². The van der Waals surface area contributed by atoms with Gasteiger partial charge in [0.25, 0.3) is 0 Å². The summed E-state index contributed by atoms with van der Waals surface area (Å²) in [5.74, 6) is 0.0168. The first-order chi connectivity index (χ1) is 5.84. The van der Waals surface area contributed by atoms with E-state index in [9.17, 15) is 13.2 Å². The van der Waals surface area contributed by atoms with E-state index in [2.05, 4.69) is 9.71 Å². The monoisotopic (exact) mass is 206 g/mol. The number of carbonyl (C=O) groups is 1. The van der Waals surface area contributed by atoms with Crippen LogP contribution in [0.4, 0.5) is 4.79 Å². The van der Waals surface area contributed by atoms with E-state index in [-0.39, 0.29) is 5.96 Å². The average molecular weight is 206 g/mol. The van der Waals surface area contributed by atoms with Crippen molar-refractivity contribution < 1.29 is 13.2 Å². The fourth-order valence-corrected chi connectivity index (χ4v) is 1.47. The fourth-order valence-electron chi connectivity index (χ4n) is 0.666. The Morgan fingerprint density at radius 2 is 2.00 bits per heavy atom. The largest absolute Gasteiger partial charge is 0.351 e. The van der Waals surface area contributed by atoms with Crippen molar-refractivity contribution >= 4 is 22.2 Å². The van der Waals surface area contributed by atoms with Crippen molar-refractivity contribution in [1.29, 1.82) is 0 Å². The molecule has 1 N–H and O–H groups in total. The Kier molecular flexibility index (Phi) is 2.16. The molecular formula is C5H10N4O3S. The van der Waals surface area contributed by atoms with E-state index in [4.69, 9.17) is 0 Å². The molecule has 0 bridgehead atoms. The molecule has 0 unspecified atom stereocenters. The van der Waals surface area contributed by atoms with Crippen molar-refractivity contribution in [3.63, 3.8) is 0 Å². The number of guanidine groups is 1. The second-order valence-corrected chi connectivity index (χ2v) is 4.31. The Balaban J connectivity index is 3.15. The van der Waals surface area contributed by atoms with Crippen molar-refractivity contribution in [2.45, 2.75) is 0 Å². The summed E-state index contributed by atoms with van der Waals surface area (Å²) in [4.78, 5) is 12.5. The number of rotatable bonds is 0. The second-order valence-electron chi connectivity index (χ2n) is 2.68. The summed E-state index contributed by atoms with van der Waals surface area (Å²) < 4.78 is 26.2. The summed E-state index contributed by atoms with van der Waals surface area (Å²) in [6.45, 7) is 0. The van der Waals surface area contributed by atoms with Gasteiger partial charge in [0.2, 0.25) is 5.96 Å². The fraction of sp³-hybridized carbons (Fsp3) is 0.600. The van der Waals surface area contributed by atoms with Crippen LogP contribution < -0.4 is 5.32 Å². The highest BCUT2D eigenvalue weighted by Gasteiger charge is 2.30. The topological polar surface area (TPSA) is 82.1 Å². The third kappa shape index (κ3) is 1.72. The van der Waals surface area contributed by atoms with Crippen molar-refractivity contribution in [2.75, 3.05) is 21.1 Å². The van der Waals surface area contributed by atoms with Gasteiger partial charge in [-0.2, -0.15) is 8.42 Å². The lowest BCUT2D eigenvalue weighted by Gasteiger charge is -2.24. The van der Waals surface area contributed by atoms with Crippen molar-refractivity contribution in [2.24, 2.45) is 4.40 Å². The minimum atomic E-state index is -3.84. The Morgan fingerprint density at radius 3 is 2.38 bits per heavy atom. The molecule has 0 aromatic carbocycles. The maximum absolute atomic E-state index is 11.2. The van der Waals surface area contributed by atoms with E-state index in [1.807, 2.05) is 0 Å². The lowest BCUT2D eigenvalue weighted by Crippen LogP contribution is -2.52. The zero-order valence-electron chi connectivity index (χ0n) is 7.47. The van der Waals surface area contributed by atoms with E-state index in [0.717, 1.165) is 7.05 Å². The highest BCUT2D eigenvalue weighted by atomic mass is 32.2. The first kappa shape index (κ1) is 9.78. The Labute approximate surface area is 76.2 Å². The zero-order chi connectivity index (χ0) is 10.2. The number of hydrogen-bond donors (Lipinski definition) is 1. The predicted octanol–water partition coefficient (Wildman–Crippen LogP) is -1.20. The van der Waals surface area contributed by atoms with Crippen LogP contribution in [0.15, 0.2) is 4.40 Å². The maximum atomic E-state index is 11.2. The molecule has 0 aromatic heterocycles. The predicted molar refractivity (Wildman–Crippen MR) is 46.3 cm³/mol. The van der Waals surface area contributed by atoms with Crippen LogP contribution in [0, 0.1) is 0 Å². The number of urea groups is 1. The summed E-state index contributed by atoms with van der Waals surface area (Å²) >= 11 is 0. The molecule has 1 rings (SSSR count). The van der Waals surface area contributed by atoms with Gasteiger partial charge in [0, 0.05) is 21.1 Å². The molecule has 0 saturated carbocycles. The highest BCUT2D eigenvalue weighted by Crippen LogP contribution is 2.05. The van der Waals surface area contributed by atoms with E-state index >= 15 is 0 Å². The van der Waals surface area contributed by atoms with Crippen LogP contribution in [0.3, 0.4) is 0 Å². The number of nitrogens with one attached hydrogen (secondary N) is 1. The van der Waals surface area contributed by atoms with Crippen molar-refractivity contribution in [1.82, 2.24) is 14.5 Å². The maximum Gasteiger partial charge on any atom is 0.351 e. The van der Waals surface area contributed by atoms with Gasteiger partial charge in [0.05, 0.1) is 0 Å². The van der Waals surface area contributed by atoms with Crippen molar-refractivity contribution in [3.05, 3.63) is 0 Å². The third-order valence-electron chi connectivity index (χ3n) is 1.48. The molecule has 0 aromatic rings. The molecule has 7 nitrogen and oxygen atoms in total. The summed E-state index contributed by atoms with van der Waals surface area (Å²) in [5, 5.41) is 2.30. The van der Waals surface area contributed by atoms with Gasteiger partial charge < -0.3 is 4.90 Å². The van der Waals surface area contributed by atoms with E-state index in [1.54, 1.807) is 14.1 Å². The second kappa shape index (κ2) is 2.87. The zero-order valence-corrected chi connectivity index (χ0v) is 8.29. The van der Waals surface area contributed by atoms with Gasteiger partial charge in [-0.3, -0.25) is 5.32 Å². The van der Waals surface area contributed by atoms with Crippen LogP contribution in [-0.4, -0.2) is 50.8 Å². The normalized spacial score (nSPS) is 20.7. The smallest absolute Gasteiger partial charge is 0.348 e. The van der Waals surface area contributed by atoms with Crippen LogP contribution in [0.5, 0.6) is 0 Å². The first-order valence-electron chi connectivity index (χ1n) is 3.42. The molecular weight excluding hydrogens is 196 g/mol. The molecule has 8 heteroatoms. The van der Waals surface area contributed by atoms with Crippen molar-refractivity contribution in [3.8, 4) is 0 Å². The van der Waals surface area contributed by atoms with Gasteiger partial charge in [0.15, 0.2) is 0 Å². The minimum absolute atomic E-state index is 0.0168. The third-order valence-corrected chi connectivity index (χ3v) is 2.74. The Morgan fingerprint density at radius 1 is 1.46 bits per heavy atom. The summed E-state index contributed by atoms with van der Waals surface area (Å²) in [5.41, 5.74) is 0. The SMILES string of the molecule is CN(C)C1=NS(=O)(=O)N(C)C(=O)N1. The van der Waals surface area contributed by atoms with Gasteiger partial charge in [-0.25, -0.2) is 9.10 Å². The quantitative estimate of drug-likeness (QED) is 0.540. The number of carbonyl (C=O) groups excluding carboxylic acids is 1. The van der Waals surface area contributed by atoms with E-state index < -0.39 is 16.2 Å². The van der Waals surface area contributed by atoms with Crippen LogP contribution in [0.1, 0.15) is 0 Å². The molecule has 0 atom stereocenters. The number of nitrogens with zero attached hydrogens (tertiary/aromatic N) is 3. The first-order valence-corrected chi connectivity index (χ1v) is 4.81. The van der Waals surface area contributed by atoms with E-state index in [1.165, 1.54) is 4.90 Å². The lowest BCUT2D eigenvalue weighted by molar-refractivity contribution is 0.231. The molecule has 74 valence electrons. The van der Waals surface area contributed by atoms with Crippen LogP contribution in [0.25, 0.3) is 0 Å². The summed E-state index contributed by atoms with van der Waals surface area (Å²) in [6, 6.07) is -0.710. The molecule has 0 aliphatic carbocycles. The van der Waals surface area contributed by atoms with Gasteiger partial charge in [-0.1, -0.05) is 0 Å². The molecule has 0 radical (unpaired) electrons.